The zero-order chi connectivity index (χ0) is 16.9. The zero-order valence-corrected chi connectivity index (χ0v) is 16.5. The summed E-state index contributed by atoms with van der Waals surface area (Å²) in [5.41, 5.74) is 0.0384. The van der Waals surface area contributed by atoms with Gasteiger partial charge >= 0.3 is 0 Å². The molecule has 6 heteroatoms. The van der Waals surface area contributed by atoms with E-state index < -0.39 is 0 Å². The van der Waals surface area contributed by atoms with Gasteiger partial charge in [-0.1, -0.05) is 0 Å². The summed E-state index contributed by atoms with van der Waals surface area (Å²) in [7, 11) is 1.66. The summed E-state index contributed by atoms with van der Waals surface area (Å²) in [6.07, 6.45) is 2.38. The van der Waals surface area contributed by atoms with Gasteiger partial charge in [0.15, 0.2) is 0 Å². The Morgan fingerprint density at radius 3 is 2.64 bits per heavy atom. The molecule has 0 radical (unpaired) electrons. The fourth-order valence-electron chi connectivity index (χ4n) is 4.34. The summed E-state index contributed by atoms with van der Waals surface area (Å²) in [6.45, 7) is 6.84. The van der Waals surface area contributed by atoms with Crippen molar-refractivity contribution in [2.75, 3.05) is 20.2 Å². The van der Waals surface area contributed by atoms with Crippen LogP contribution in [0.5, 0.6) is 5.75 Å². The molecule has 3 saturated heterocycles. The number of methoxy groups -OCH3 is 1. The lowest BCUT2D eigenvalue weighted by atomic mass is 9.72. The SMILES string of the molecule is COc1ccc2cc(C(=O)N[C@H]3C4CCN(CC4)C3(C)C)sc2c1.Cl. The van der Waals surface area contributed by atoms with Crippen LogP contribution in [0.15, 0.2) is 24.3 Å². The Labute approximate surface area is 158 Å². The lowest BCUT2D eigenvalue weighted by Crippen LogP contribution is -2.69. The smallest absolute Gasteiger partial charge is 0.261 e. The van der Waals surface area contributed by atoms with Crippen LogP contribution in [0, 0.1) is 5.92 Å². The largest absolute Gasteiger partial charge is 0.497 e. The van der Waals surface area contributed by atoms with Gasteiger partial charge in [-0.2, -0.15) is 0 Å². The first kappa shape index (κ1) is 18.5. The fraction of sp³-hybridized carbons (Fsp3) is 0.526. The molecule has 0 unspecified atom stereocenters. The molecule has 4 nitrogen and oxygen atoms in total. The van der Waals surface area contributed by atoms with E-state index in [1.165, 1.54) is 24.2 Å². The molecule has 0 spiro atoms. The zero-order valence-electron chi connectivity index (χ0n) is 14.9. The van der Waals surface area contributed by atoms with Gasteiger partial charge in [0.1, 0.15) is 5.75 Å². The molecule has 2 aromatic rings. The van der Waals surface area contributed by atoms with Crippen molar-refractivity contribution in [1.82, 2.24) is 10.2 Å². The molecule has 5 rings (SSSR count). The van der Waals surface area contributed by atoms with Gasteiger partial charge in [-0.25, -0.2) is 0 Å². The number of nitrogens with one attached hydrogen (secondary N) is 1. The number of carbonyl (C=O) groups excluding carboxylic acids is 1. The van der Waals surface area contributed by atoms with Crippen molar-refractivity contribution < 1.29 is 9.53 Å². The molecule has 3 aliphatic rings. The van der Waals surface area contributed by atoms with Crippen molar-refractivity contribution in [3.63, 3.8) is 0 Å². The summed E-state index contributed by atoms with van der Waals surface area (Å²) >= 11 is 1.54. The van der Waals surface area contributed by atoms with Gasteiger partial charge in [-0.15, -0.1) is 23.7 Å². The van der Waals surface area contributed by atoms with Crippen LogP contribution in [-0.4, -0.2) is 42.6 Å². The fourth-order valence-corrected chi connectivity index (χ4v) is 5.33. The highest BCUT2D eigenvalue weighted by Crippen LogP contribution is 2.39. The molecular weight excluding hydrogens is 356 g/mol. The van der Waals surface area contributed by atoms with Gasteiger partial charge in [0.25, 0.3) is 5.91 Å². The highest BCUT2D eigenvalue weighted by Gasteiger charge is 2.48. The normalized spacial score (nSPS) is 26.9. The summed E-state index contributed by atoms with van der Waals surface area (Å²) in [4.78, 5) is 16.2. The van der Waals surface area contributed by atoms with E-state index in [4.69, 9.17) is 4.74 Å². The van der Waals surface area contributed by atoms with Crippen molar-refractivity contribution in [2.24, 2.45) is 5.92 Å². The maximum Gasteiger partial charge on any atom is 0.261 e. The van der Waals surface area contributed by atoms with E-state index in [-0.39, 0.29) is 29.9 Å². The number of nitrogens with zero attached hydrogens (tertiary/aromatic N) is 1. The van der Waals surface area contributed by atoms with E-state index in [0.717, 1.165) is 33.8 Å². The number of halogens is 1. The Hall–Kier alpha value is -1.30. The number of amides is 1. The minimum Gasteiger partial charge on any atom is -0.497 e. The molecule has 1 amide bonds. The first-order valence-corrected chi connectivity index (χ1v) is 9.44. The molecule has 0 saturated carbocycles. The van der Waals surface area contributed by atoms with E-state index in [0.29, 0.717) is 5.92 Å². The highest BCUT2D eigenvalue weighted by molar-refractivity contribution is 7.20. The average Bonchev–Trinajstić information content (AvgIpc) is 3.01. The van der Waals surface area contributed by atoms with Gasteiger partial charge in [-0.3, -0.25) is 9.69 Å². The minimum absolute atomic E-state index is 0. The molecule has 2 bridgehead atoms. The molecular formula is C19H25ClN2O2S. The second kappa shape index (κ2) is 6.78. The third-order valence-electron chi connectivity index (χ3n) is 5.82. The molecule has 4 heterocycles. The Morgan fingerprint density at radius 1 is 1.28 bits per heavy atom. The molecule has 0 aliphatic carbocycles. The minimum atomic E-state index is 0. The Bertz CT molecular complexity index is 781. The number of rotatable bonds is 3. The van der Waals surface area contributed by atoms with Crippen molar-refractivity contribution in [3.8, 4) is 5.75 Å². The number of benzene rings is 1. The molecule has 25 heavy (non-hydrogen) atoms. The third-order valence-corrected chi connectivity index (χ3v) is 6.92. The summed E-state index contributed by atoms with van der Waals surface area (Å²) in [5, 5.41) is 4.44. The second-order valence-electron chi connectivity index (χ2n) is 7.44. The Balaban J connectivity index is 0.00000182. The van der Waals surface area contributed by atoms with Crippen molar-refractivity contribution in [1.29, 1.82) is 0 Å². The van der Waals surface area contributed by atoms with Crippen LogP contribution in [0.3, 0.4) is 0 Å². The number of carbonyl (C=O) groups is 1. The maximum atomic E-state index is 12.9. The van der Waals surface area contributed by atoms with E-state index in [1.54, 1.807) is 7.11 Å². The van der Waals surface area contributed by atoms with E-state index in [1.807, 2.05) is 24.3 Å². The summed E-state index contributed by atoms with van der Waals surface area (Å²) in [5.74, 6) is 1.49. The quantitative estimate of drug-likeness (QED) is 0.877. The van der Waals surface area contributed by atoms with Gasteiger partial charge in [0, 0.05) is 16.3 Å². The molecule has 3 aliphatic heterocycles. The van der Waals surface area contributed by atoms with Crippen LogP contribution in [0.2, 0.25) is 0 Å². The number of ether oxygens (including phenoxy) is 1. The van der Waals surface area contributed by atoms with Crippen molar-refractivity contribution >= 4 is 39.7 Å². The monoisotopic (exact) mass is 380 g/mol. The Morgan fingerprint density at radius 2 is 2.00 bits per heavy atom. The van der Waals surface area contributed by atoms with Gasteiger partial charge in [-0.05, 0) is 75.3 Å². The standard InChI is InChI=1S/C19H24N2O2S.ClH/c1-19(2)17(12-6-8-21(19)9-7-12)20-18(22)16-10-13-4-5-14(23-3)11-15(13)24-16;/h4-5,10-12,17H,6-9H2,1-3H3,(H,20,22);1H/t17-;/m0./s1. The van der Waals surface area contributed by atoms with Crippen molar-refractivity contribution in [2.45, 2.75) is 38.3 Å². The number of hydrogen-bond donors (Lipinski definition) is 1. The molecule has 1 N–H and O–H groups in total. The van der Waals surface area contributed by atoms with E-state index in [9.17, 15) is 4.79 Å². The number of fused-ring (bicyclic) bond motifs is 4. The maximum absolute atomic E-state index is 12.9. The topological polar surface area (TPSA) is 41.6 Å². The van der Waals surface area contributed by atoms with Crippen LogP contribution in [-0.2, 0) is 0 Å². The van der Waals surface area contributed by atoms with Crippen LogP contribution in [0.25, 0.3) is 10.1 Å². The van der Waals surface area contributed by atoms with Crippen LogP contribution in [0.4, 0.5) is 0 Å². The van der Waals surface area contributed by atoms with Crippen LogP contribution >= 0.6 is 23.7 Å². The van der Waals surface area contributed by atoms with Gasteiger partial charge in [0.05, 0.1) is 12.0 Å². The van der Waals surface area contributed by atoms with E-state index in [2.05, 4.69) is 24.1 Å². The lowest BCUT2D eigenvalue weighted by Gasteiger charge is -2.56. The number of hydrogen-bond acceptors (Lipinski definition) is 4. The molecule has 1 aromatic heterocycles. The first-order chi connectivity index (χ1) is 11.5. The first-order valence-electron chi connectivity index (χ1n) is 8.62. The lowest BCUT2D eigenvalue weighted by molar-refractivity contribution is -0.0377. The Kier molecular flexibility index (Phi) is 5.02. The second-order valence-corrected chi connectivity index (χ2v) is 8.53. The molecule has 3 fully saturated rings. The molecule has 1 aromatic carbocycles. The number of piperidine rings is 3. The predicted octanol–water partition coefficient (Wildman–Crippen LogP) is 3.93. The third kappa shape index (κ3) is 3.14. The van der Waals surface area contributed by atoms with Crippen molar-refractivity contribution in [3.05, 3.63) is 29.1 Å². The highest BCUT2D eigenvalue weighted by atomic mass is 35.5. The summed E-state index contributed by atoms with van der Waals surface area (Å²) < 4.78 is 6.37. The molecule has 136 valence electrons. The van der Waals surface area contributed by atoms with Gasteiger partial charge in [0.2, 0.25) is 0 Å². The van der Waals surface area contributed by atoms with Gasteiger partial charge < -0.3 is 10.1 Å². The van der Waals surface area contributed by atoms with Crippen LogP contribution < -0.4 is 10.1 Å². The predicted molar refractivity (Wildman–Crippen MR) is 105 cm³/mol. The molecule has 1 atom stereocenters. The van der Waals surface area contributed by atoms with Crippen LogP contribution in [0.1, 0.15) is 36.4 Å². The average molecular weight is 381 g/mol. The summed E-state index contributed by atoms with van der Waals surface area (Å²) in [6, 6.07) is 8.16. The van der Waals surface area contributed by atoms with E-state index >= 15 is 0 Å². The number of thiophene rings is 1.